The van der Waals surface area contributed by atoms with Crippen LogP contribution in [-0.2, 0) is 19.5 Å². The lowest BCUT2D eigenvalue weighted by Crippen LogP contribution is -2.15. The van der Waals surface area contributed by atoms with Gasteiger partial charge in [-0.25, -0.2) is 4.98 Å². The second-order valence-electron chi connectivity index (χ2n) is 4.58. The highest BCUT2D eigenvalue weighted by Gasteiger charge is 2.21. The summed E-state index contributed by atoms with van der Waals surface area (Å²) in [4.78, 5) is 5.62. The molecule has 0 saturated heterocycles. The highest BCUT2D eigenvalue weighted by molar-refractivity contribution is 7.11. The first-order valence-electron chi connectivity index (χ1n) is 6.56. The highest BCUT2D eigenvalue weighted by Crippen LogP contribution is 2.19. The molecule has 0 radical (unpaired) electrons. The van der Waals surface area contributed by atoms with E-state index in [-0.39, 0.29) is 0 Å². The number of aromatic nitrogens is 3. The van der Waals surface area contributed by atoms with Gasteiger partial charge in [0, 0.05) is 17.1 Å². The van der Waals surface area contributed by atoms with Crippen molar-refractivity contribution in [2.75, 3.05) is 5.32 Å². The molecule has 1 aliphatic rings. The van der Waals surface area contributed by atoms with Gasteiger partial charge in [0.15, 0.2) is 0 Å². The van der Waals surface area contributed by atoms with Gasteiger partial charge in [-0.3, -0.25) is 0 Å². The summed E-state index contributed by atoms with van der Waals surface area (Å²) in [6.07, 6.45) is 5.45. The third-order valence-corrected chi connectivity index (χ3v) is 4.07. The van der Waals surface area contributed by atoms with Crippen LogP contribution in [0.4, 0.5) is 6.01 Å². The van der Waals surface area contributed by atoms with Crippen molar-refractivity contribution in [1.29, 1.82) is 0 Å². The Balaban J connectivity index is 1.48. The molecule has 0 aliphatic heterocycles. The predicted molar refractivity (Wildman–Crippen MR) is 73.0 cm³/mol. The van der Waals surface area contributed by atoms with E-state index in [0.717, 1.165) is 11.4 Å². The molecule has 0 atom stereocenters. The lowest BCUT2D eigenvalue weighted by atomic mass is 10.4. The maximum atomic E-state index is 5.50. The first kappa shape index (κ1) is 12.6. The predicted octanol–water partition coefficient (Wildman–Crippen LogP) is 1.95. The summed E-state index contributed by atoms with van der Waals surface area (Å²) in [7, 11) is 0. The Bertz CT molecular complexity index is 534. The minimum Gasteiger partial charge on any atom is -0.407 e. The maximum absolute atomic E-state index is 5.50. The number of hydrogen-bond donors (Lipinski definition) is 2. The molecule has 19 heavy (non-hydrogen) atoms. The average molecular weight is 279 g/mol. The van der Waals surface area contributed by atoms with Crippen molar-refractivity contribution in [3.8, 4) is 0 Å². The van der Waals surface area contributed by atoms with Gasteiger partial charge in [-0.2, -0.15) is 0 Å². The van der Waals surface area contributed by atoms with E-state index in [4.69, 9.17) is 4.42 Å². The Morgan fingerprint density at radius 2 is 2.26 bits per heavy atom. The summed E-state index contributed by atoms with van der Waals surface area (Å²) in [5, 5.41) is 15.4. The van der Waals surface area contributed by atoms with Crippen LogP contribution in [0.5, 0.6) is 0 Å². The number of thiazole rings is 1. The molecule has 0 bridgehead atoms. The van der Waals surface area contributed by atoms with E-state index < -0.39 is 0 Å². The molecule has 7 heteroatoms. The molecular weight excluding hydrogens is 262 g/mol. The van der Waals surface area contributed by atoms with Crippen molar-refractivity contribution in [3.05, 3.63) is 22.0 Å². The number of anilines is 1. The first-order valence-corrected chi connectivity index (χ1v) is 7.38. The summed E-state index contributed by atoms with van der Waals surface area (Å²) in [6, 6.07) is 1.10. The Morgan fingerprint density at radius 1 is 1.37 bits per heavy atom. The second-order valence-corrected chi connectivity index (χ2v) is 5.78. The summed E-state index contributed by atoms with van der Waals surface area (Å²) in [6.45, 7) is 3.40. The van der Waals surface area contributed by atoms with Gasteiger partial charge in [-0.15, -0.1) is 16.4 Å². The van der Waals surface area contributed by atoms with Crippen LogP contribution in [0.25, 0.3) is 0 Å². The quantitative estimate of drug-likeness (QED) is 0.807. The smallest absolute Gasteiger partial charge is 0.315 e. The molecule has 3 rings (SSSR count). The monoisotopic (exact) mass is 279 g/mol. The van der Waals surface area contributed by atoms with Crippen molar-refractivity contribution in [3.63, 3.8) is 0 Å². The van der Waals surface area contributed by atoms with Crippen molar-refractivity contribution in [1.82, 2.24) is 20.5 Å². The molecule has 1 fully saturated rings. The Hall–Kier alpha value is -1.47. The number of nitrogens with zero attached hydrogens (tertiary/aromatic N) is 3. The van der Waals surface area contributed by atoms with Crippen LogP contribution in [0, 0.1) is 0 Å². The zero-order valence-electron chi connectivity index (χ0n) is 10.8. The SMILES string of the molecule is CCc1cnc(CNc2nnc(CNC3CC3)o2)s1. The molecule has 2 N–H and O–H groups in total. The van der Waals surface area contributed by atoms with Crippen molar-refractivity contribution in [2.45, 2.75) is 45.3 Å². The standard InChI is InChI=1S/C12H17N5OS/c1-2-9-5-14-11(19-9)7-15-12-17-16-10(18-12)6-13-8-3-4-8/h5,8,13H,2-4,6-7H2,1H3,(H,15,17). The molecule has 0 amide bonds. The summed E-state index contributed by atoms with van der Waals surface area (Å²) >= 11 is 1.71. The van der Waals surface area contributed by atoms with Crippen LogP contribution >= 0.6 is 11.3 Å². The molecule has 2 aromatic rings. The molecule has 0 unspecified atom stereocenters. The van der Waals surface area contributed by atoms with Gasteiger partial charge in [0.05, 0.1) is 13.1 Å². The summed E-state index contributed by atoms with van der Waals surface area (Å²) in [5.41, 5.74) is 0. The fourth-order valence-corrected chi connectivity index (χ4v) is 2.46. The molecule has 6 nitrogen and oxygen atoms in total. The van der Waals surface area contributed by atoms with Crippen molar-refractivity contribution in [2.24, 2.45) is 0 Å². The fraction of sp³-hybridized carbons (Fsp3) is 0.583. The largest absolute Gasteiger partial charge is 0.407 e. The molecule has 2 aromatic heterocycles. The van der Waals surface area contributed by atoms with E-state index in [2.05, 4.69) is 32.7 Å². The van der Waals surface area contributed by atoms with E-state index in [1.54, 1.807) is 11.3 Å². The molecule has 1 aliphatic carbocycles. The number of nitrogens with one attached hydrogen (secondary N) is 2. The molecule has 102 valence electrons. The van der Waals surface area contributed by atoms with Crippen LogP contribution in [0.2, 0.25) is 0 Å². The van der Waals surface area contributed by atoms with Crippen LogP contribution in [0.1, 0.15) is 35.5 Å². The van der Waals surface area contributed by atoms with Crippen molar-refractivity contribution >= 4 is 17.4 Å². The van der Waals surface area contributed by atoms with E-state index >= 15 is 0 Å². The van der Waals surface area contributed by atoms with E-state index in [0.29, 0.717) is 31.0 Å². The Labute approximate surface area is 115 Å². The fourth-order valence-electron chi connectivity index (χ4n) is 1.66. The van der Waals surface area contributed by atoms with Gasteiger partial charge < -0.3 is 15.1 Å². The van der Waals surface area contributed by atoms with Crippen molar-refractivity contribution < 1.29 is 4.42 Å². The third kappa shape index (κ3) is 3.51. The van der Waals surface area contributed by atoms with E-state index in [9.17, 15) is 0 Å². The van der Waals surface area contributed by atoms with Crippen LogP contribution in [-0.4, -0.2) is 21.2 Å². The highest BCUT2D eigenvalue weighted by atomic mass is 32.1. The third-order valence-electron chi connectivity index (χ3n) is 2.93. The zero-order chi connectivity index (χ0) is 13.1. The first-order chi connectivity index (χ1) is 9.33. The van der Waals surface area contributed by atoms with Crippen LogP contribution < -0.4 is 10.6 Å². The lowest BCUT2D eigenvalue weighted by molar-refractivity contribution is 0.475. The molecule has 1 saturated carbocycles. The molecular formula is C12H17N5OS. The normalized spacial score (nSPS) is 14.8. The van der Waals surface area contributed by atoms with Crippen LogP contribution in [0.3, 0.4) is 0 Å². The minimum absolute atomic E-state index is 0.459. The zero-order valence-corrected chi connectivity index (χ0v) is 11.7. The minimum atomic E-state index is 0.459. The molecule has 0 aromatic carbocycles. The van der Waals surface area contributed by atoms with Gasteiger partial charge in [0.25, 0.3) is 0 Å². The molecule has 0 spiro atoms. The Kier molecular flexibility index (Phi) is 3.74. The van der Waals surface area contributed by atoms with E-state index in [1.807, 2.05) is 6.20 Å². The van der Waals surface area contributed by atoms with Gasteiger partial charge in [0.1, 0.15) is 5.01 Å². The number of aryl methyl sites for hydroxylation is 1. The summed E-state index contributed by atoms with van der Waals surface area (Å²) in [5.74, 6) is 0.628. The topological polar surface area (TPSA) is 75.9 Å². The average Bonchev–Trinajstić information content (AvgIpc) is 2.97. The number of hydrogen-bond acceptors (Lipinski definition) is 7. The Morgan fingerprint density at radius 3 is 3.00 bits per heavy atom. The van der Waals surface area contributed by atoms with Gasteiger partial charge in [0.2, 0.25) is 5.89 Å². The van der Waals surface area contributed by atoms with Crippen LogP contribution in [0.15, 0.2) is 10.6 Å². The summed E-state index contributed by atoms with van der Waals surface area (Å²) < 4.78 is 5.50. The maximum Gasteiger partial charge on any atom is 0.315 e. The van der Waals surface area contributed by atoms with E-state index in [1.165, 1.54) is 17.7 Å². The number of rotatable bonds is 7. The second kappa shape index (κ2) is 5.66. The van der Waals surface area contributed by atoms with Gasteiger partial charge in [-0.1, -0.05) is 12.0 Å². The molecule has 2 heterocycles. The van der Waals surface area contributed by atoms with Gasteiger partial charge in [-0.05, 0) is 19.3 Å². The lowest BCUT2D eigenvalue weighted by Gasteiger charge is -1.97. The van der Waals surface area contributed by atoms with Gasteiger partial charge >= 0.3 is 6.01 Å².